The average Bonchev–Trinajstić information content (AvgIpc) is 3.35. The third-order valence-corrected chi connectivity index (χ3v) is 9.14. The maximum atomic E-state index is 13.4. The summed E-state index contributed by atoms with van der Waals surface area (Å²) in [4.78, 5) is 53.7. The van der Waals surface area contributed by atoms with Gasteiger partial charge in [-0.25, -0.2) is 9.69 Å². The molecule has 0 saturated carbocycles. The number of rotatable bonds is 25. The van der Waals surface area contributed by atoms with E-state index in [0.29, 0.717) is 12.0 Å². The molecule has 1 aliphatic rings. The molecule has 0 unspecified atom stereocenters. The molecule has 0 N–H and O–H groups in total. The molecule has 0 atom stereocenters. The Morgan fingerprint density at radius 1 is 0.653 bits per heavy atom. The fourth-order valence-electron chi connectivity index (χ4n) is 6.23. The van der Waals surface area contributed by atoms with Gasteiger partial charge in [-0.1, -0.05) is 135 Å². The largest absolute Gasteiger partial charge is 0.462 e. The van der Waals surface area contributed by atoms with E-state index in [1.54, 1.807) is 6.07 Å². The third kappa shape index (κ3) is 13.5. The Balaban J connectivity index is 1.58. The van der Waals surface area contributed by atoms with Gasteiger partial charge < -0.3 is 9.47 Å². The molecule has 0 aliphatic carbocycles. The maximum absolute atomic E-state index is 13.4. The minimum absolute atomic E-state index is 0.0846. The van der Waals surface area contributed by atoms with Crippen molar-refractivity contribution in [3.63, 3.8) is 0 Å². The lowest BCUT2D eigenvalue weighted by molar-refractivity contribution is -0.134. The summed E-state index contributed by atoms with van der Waals surface area (Å²) >= 11 is 0. The molecule has 49 heavy (non-hydrogen) atoms. The molecule has 2 aromatic rings. The number of fused-ring (bicyclic) bond motifs is 1. The number of unbranched alkanes of at least 4 members (excludes halogenated alkanes) is 18. The number of terminal acetylenes is 1. The zero-order valence-corrected chi connectivity index (χ0v) is 30.0. The van der Waals surface area contributed by atoms with Gasteiger partial charge in [0.2, 0.25) is 0 Å². The van der Waals surface area contributed by atoms with Crippen LogP contribution in [0.4, 0.5) is 5.69 Å². The van der Waals surface area contributed by atoms with Crippen molar-refractivity contribution in [2.45, 2.75) is 149 Å². The first kappa shape index (κ1) is 39.5. The van der Waals surface area contributed by atoms with Crippen molar-refractivity contribution in [1.29, 1.82) is 0 Å². The minimum atomic E-state index is -0.601. The number of nitrogens with zero attached hydrogens (tertiary/aromatic N) is 1. The van der Waals surface area contributed by atoms with Crippen LogP contribution in [0.2, 0.25) is 0 Å². The number of benzene rings is 2. The van der Waals surface area contributed by atoms with Crippen LogP contribution in [-0.2, 0) is 9.53 Å². The first-order valence-electron chi connectivity index (χ1n) is 18.9. The number of carbonyl (C=O) groups is 4. The standard InChI is InChI=1S/C42H57NO6/c1-4-7-9-11-13-15-17-19-21-23-25-39(44)49-36-31-34(42(47)48-28-24-22-20-18-16-14-12-10-8-5-2)30-35(32-36)43-40(45)37-27-26-33(6-3)29-38(37)41(43)46/h3,26-27,29-32H,4-5,7-25,28H2,1-2H3. The Morgan fingerprint density at radius 2 is 1.18 bits per heavy atom. The first-order chi connectivity index (χ1) is 23.9. The van der Waals surface area contributed by atoms with Gasteiger partial charge in [-0.15, -0.1) is 6.42 Å². The van der Waals surface area contributed by atoms with Crippen LogP contribution in [0.3, 0.4) is 0 Å². The topological polar surface area (TPSA) is 90.0 Å². The summed E-state index contributed by atoms with van der Waals surface area (Å²) in [5.41, 5.74) is 1.12. The molecule has 1 heterocycles. The molecule has 0 aromatic heterocycles. The van der Waals surface area contributed by atoms with Crippen LogP contribution in [0.25, 0.3) is 0 Å². The number of imide groups is 1. The van der Waals surface area contributed by atoms with Crippen LogP contribution in [0.15, 0.2) is 36.4 Å². The van der Waals surface area contributed by atoms with Gasteiger partial charge >= 0.3 is 11.9 Å². The van der Waals surface area contributed by atoms with Crippen molar-refractivity contribution in [3.8, 4) is 18.1 Å². The number of amides is 2. The molecule has 0 radical (unpaired) electrons. The summed E-state index contributed by atoms with van der Waals surface area (Å²) in [5, 5.41) is 0. The number of hydrogen-bond donors (Lipinski definition) is 0. The van der Waals surface area contributed by atoms with E-state index < -0.39 is 23.8 Å². The fraction of sp³-hybridized carbons (Fsp3) is 0.571. The van der Waals surface area contributed by atoms with Crippen LogP contribution in [0, 0.1) is 12.3 Å². The molecule has 2 amide bonds. The molecular formula is C42H57NO6. The van der Waals surface area contributed by atoms with Gasteiger partial charge in [0, 0.05) is 18.1 Å². The average molecular weight is 672 g/mol. The van der Waals surface area contributed by atoms with E-state index in [9.17, 15) is 19.2 Å². The summed E-state index contributed by atoms with van der Waals surface area (Å²) in [5.74, 6) is 0.444. The highest BCUT2D eigenvalue weighted by molar-refractivity contribution is 6.34. The molecule has 0 fully saturated rings. The summed E-state index contributed by atoms with van der Waals surface area (Å²) in [6, 6.07) is 8.96. The van der Waals surface area contributed by atoms with Crippen LogP contribution >= 0.6 is 0 Å². The van der Waals surface area contributed by atoms with Gasteiger partial charge in [0.1, 0.15) is 5.75 Å². The highest BCUT2D eigenvalue weighted by atomic mass is 16.5. The molecule has 7 heteroatoms. The monoisotopic (exact) mass is 671 g/mol. The number of anilines is 1. The van der Waals surface area contributed by atoms with Gasteiger partial charge in [-0.2, -0.15) is 0 Å². The number of hydrogen-bond acceptors (Lipinski definition) is 6. The second-order valence-corrected chi connectivity index (χ2v) is 13.3. The minimum Gasteiger partial charge on any atom is -0.462 e. The highest BCUT2D eigenvalue weighted by Gasteiger charge is 2.37. The third-order valence-electron chi connectivity index (χ3n) is 9.14. The smallest absolute Gasteiger partial charge is 0.338 e. The zero-order valence-electron chi connectivity index (χ0n) is 30.0. The SMILES string of the molecule is C#Cc1ccc2c(c1)C(=O)N(c1cc(OC(=O)CCCCCCCCCCCC)cc(C(=O)OCCCCCCCCCCCC)c1)C2=O. The fourth-order valence-corrected chi connectivity index (χ4v) is 6.23. The highest BCUT2D eigenvalue weighted by Crippen LogP contribution is 2.33. The Kier molecular flexibility index (Phi) is 18.3. The Hall–Kier alpha value is -3.92. The van der Waals surface area contributed by atoms with E-state index in [2.05, 4.69) is 19.8 Å². The van der Waals surface area contributed by atoms with Gasteiger partial charge in [0.15, 0.2) is 0 Å². The van der Waals surface area contributed by atoms with Gasteiger partial charge in [0.25, 0.3) is 11.8 Å². The number of ether oxygens (including phenoxy) is 2. The molecule has 266 valence electrons. The van der Waals surface area contributed by atoms with Gasteiger partial charge in [-0.3, -0.25) is 14.4 Å². The van der Waals surface area contributed by atoms with Crippen molar-refractivity contribution in [2.24, 2.45) is 0 Å². The molecular weight excluding hydrogens is 614 g/mol. The Labute approximate surface area is 294 Å². The summed E-state index contributed by atoms with van der Waals surface area (Å²) in [7, 11) is 0. The van der Waals surface area contributed by atoms with Crippen LogP contribution in [-0.4, -0.2) is 30.4 Å². The molecule has 7 nitrogen and oxygen atoms in total. The first-order valence-corrected chi connectivity index (χ1v) is 18.9. The van der Waals surface area contributed by atoms with E-state index in [0.717, 1.165) is 43.4 Å². The van der Waals surface area contributed by atoms with Crippen LogP contribution < -0.4 is 9.64 Å². The predicted octanol–water partition coefficient (Wildman–Crippen LogP) is 10.8. The molecule has 2 aromatic carbocycles. The molecule has 0 bridgehead atoms. The van der Waals surface area contributed by atoms with Crippen molar-refractivity contribution in [2.75, 3.05) is 11.5 Å². The summed E-state index contributed by atoms with van der Waals surface area (Å²) in [6.07, 6.45) is 29.0. The Bertz CT molecular complexity index is 1410. The molecule has 3 rings (SSSR count). The maximum Gasteiger partial charge on any atom is 0.338 e. The number of carbonyl (C=O) groups excluding carboxylic acids is 4. The summed E-state index contributed by atoms with van der Waals surface area (Å²) in [6.45, 7) is 4.71. The van der Waals surface area contributed by atoms with Crippen LogP contribution in [0.5, 0.6) is 5.75 Å². The number of esters is 2. The van der Waals surface area contributed by atoms with Gasteiger partial charge in [0.05, 0.1) is 29.0 Å². The predicted molar refractivity (Wildman–Crippen MR) is 196 cm³/mol. The molecule has 0 saturated heterocycles. The summed E-state index contributed by atoms with van der Waals surface area (Å²) < 4.78 is 11.2. The lowest BCUT2D eigenvalue weighted by Crippen LogP contribution is -2.29. The van der Waals surface area contributed by atoms with E-state index in [4.69, 9.17) is 15.9 Å². The van der Waals surface area contributed by atoms with Crippen molar-refractivity contribution in [1.82, 2.24) is 0 Å². The lowest BCUT2D eigenvalue weighted by atomic mass is 10.1. The van der Waals surface area contributed by atoms with Crippen molar-refractivity contribution in [3.05, 3.63) is 58.7 Å². The lowest BCUT2D eigenvalue weighted by Gasteiger charge is -2.17. The van der Waals surface area contributed by atoms with E-state index in [1.165, 1.54) is 114 Å². The quantitative estimate of drug-likeness (QED) is 0.0343. The van der Waals surface area contributed by atoms with E-state index in [1.807, 2.05) is 0 Å². The van der Waals surface area contributed by atoms with Gasteiger partial charge in [-0.05, 0) is 43.2 Å². The normalized spacial score (nSPS) is 12.2. The zero-order chi connectivity index (χ0) is 35.3. The van der Waals surface area contributed by atoms with Crippen molar-refractivity contribution < 1.29 is 28.7 Å². The van der Waals surface area contributed by atoms with Crippen LogP contribution in [0.1, 0.15) is 185 Å². The van der Waals surface area contributed by atoms with E-state index in [-0.39, 0.29) is 41.2 Å². The molecule has 0 spiro atoms. The Morgan fingerprint density at radius 3 is 1.76 bits per heavy atom. The van der Waals surface area contributed by atoms with E-state index >= 15 is 0 Å². The van der Waals surface area contributed by atoms with Crippen molar-refractivity contribution >= 4 is 29.4 Å². The molecule has 1 aliphatic heterocycles. The second-order valence-electron chi connectivity index (χ2n) is 13.3. The second kappa shape index (κ2) is 22.7.